The van der Waals surface area contributed by atoms with E-state index >= 15 is 0 Å². The molecule has 0 saturated carbocycles. The summed E-state index contributed by atoms with van der Waals surface area (Å²) in [5, 5.41) is 2.75. The molecule has 3 heterocycles. The molecule has 0 aromatic heterocycles. The summed E-state index contributed by atoms with van der Waals surface area (Å²) in [7, 11) is 0. The van der Waals surface area contributed by atoms with Gasteiger partial charge in [-0.15, -0.1) is 0 Å². The van der Waals surface area contributed by atoms with Crippen LogP contribution < -0.4 is 5.32 Å². The van der Waals surface area contributed by atoms with Gasteiger partial charge in [0, 0.05) is 48.1 Å². The van der Waals surface area contributed by atoms with Crippen LogP contribution in [-0.4, -0.2) is 77.3 Å². The van der Waals surface area contributed by atoms with Crippen LogP contribution in [0.15, 0.2) is 63.3 Å². The van der Waals surface area contributed by atoms with Crippen LogP contribution in [0.5, 0.6) is 0 Å². The number of imide groups is 1. The number of hydrogen-bond acceptors (Lipinski definition) is 6. The van der Waals surface area contributed by atoms with Gasteiger partial charge in [-0.05, 0) is 45.0 Å². The van der Waals surface area contributed by atoms with Gasteiger partial charge in [-0.3, -0.25) is 14.6 Å². The number of urea groups is 1. The molecular weight excluding hydrogens is 434 g/mol. The Labute approximate surface area is 198 Å². The fourth-order valence-corrected chi connectivity index (χ4v) is 5.58. The van der Waals surface area contributed by atoms with Crippen molar-refractivity contribution in [3.05, 3.63) is 54.1 Å². The second-order valence-corrected chi connectivity index (χ2v) is 10.3. The van der Waals surface area contributed by atoms with Crippen molar-refractivity contribution in [1.29, 1.82) is 0 Å². The van der Waals surface area contributed by atoms with E-state index in [1.165, 1.54) is 20.3 Å². The highest BCUT2D eigenvalue weighted by Gasteiger charge is 2.43. The number of carbonyl (C=O) groups excluding carboxylic acids is 2. The van der Waals surface area contributed by atoms with E-state index in [-0.39, 0.29) is 11.9 Å². The third-order valence-corrected chi connectivity index (χ3v) is 7.55. The van der Waals surface area contributed by atoms with Gasteiger partial charge in [0.1, 0.15) is 11.4 Å². The Morgan fingerprint density at radius 2 is 1.64 bits per heavy atom. The molecule has 2 aromatic carbocycles. The first-order valence-corrected chi connectivity index (χ1v) is 12.3. The van der Waals surface area contributed by atoms with E-state index in [2.05, 4.69) is 57.6 Å². The fourth-order valence-electron chi connectivity index (χ4n) is 4.57. The quantitative estimate of drug-likeness (QED) is 0.702. The van der Waals surface area contributed by atoms with Crippen molar-refractivity contribution >= 4 is 35.2 Å². The Balaban J connectivity index is 1.22. The summed E-state index contributed by atoms with van der Waals surface area (Å²) in [6.45, 7) is 8.49. The molecule has 0 bridgehead atoms. The molecule has 172 valence electrons. The normalized spacial score (nSPS) is 20.1. The van der Waals surface area contributed by atoms with Crippen molar-refractivity contribution in [3.63, 3.8) is 0 Å². The third kappa shape index (κ3) is 4.37. The first-order chi connectivity index (χ1) is 15.9. The number of carbonyl (C=O) groups is 2. The molecule has 0 unspecified atom stereocenters. The lowest BCUT2D eigenvalue weighted by Gasteiger charge is -2.36. The molecule has 2 aromatic rings. The van der Waals surface area contributed by atoms with Gasteiger partial charge in [0.15, 0.2) is 0 Å². The SMILES string of the molecule is CC1(C)NC(=O)N(CCCN2CCN(C3=Nc4ccccc4Sc4ccccc43)CC2)C1=O. The molecule has 5 rings (SSSR count). The molecule has 3 aliphatic rings. The highest BCUT2D eigenvalue weighted by molar-refractivity contribution is 7.99. The Hall–Kier alpha value is -2.84. The van der Waals surface area contributed by atoms with Crippen LogP contribution >= 0.6 is 11.8 Å². The predicted octanol–water partition coefficient (Wildman–Crippen LogP) is 3.57. The van der Waals surface area contributed by atoms with Crippen LogP contribution in [0.1, 0.15) is 25.8 Å². The van der Waals surface area contributed by atoms with Gasteiger partial charge >= 0.3 is 6.03 Å². The van der Waals surface area contributed by atoms with Gasteiger partial charge in [-0.2, -0.15) is 0 Å². The molecule has 0 aliphatic carbocycles. The molecule has 3 aliphatic heterocycles. The molecule has 8 heteroatoms. The Kier molecular flexibility index (Phi) is 5.88. The highest BCUT2D eigenvalue weighted by Crippen LogP contribution is 2.40. The monoisotopic (exact) mass is 463 g/mol. The minimum Gasteiger partial charge on any atom is -0.354 e. The van der Waals surface area contributed by atoms with Crippen LogP contribution in [0.25, 0.3) is 0 Å². The standard InChI is InChI=1S/C25H29N5O2S/c1-25(2)23(31)30(24(32)27-25)13-7-12-28-14-16-29(17-15-28)22-18-8-3-5-10-20(18)33-21-11-6-4-9-19(21)26-22/h3-6,8-11H,7,12-17H2,1-2H3,(H,27,32). The van der Waals surface area contributed by atoms with Gasteiger partial charge in [0.2, 0.25) is 0 Å². The van der Waals surface area contributed by atoms with E-state index < -0.39 is 5.54 Å². The van der Waals surface area contributed by atoms with Crippen LogP contribution in [0.2, 0.25) is 0 Å². The largest absolute Gasteiger partial charge is 0.354 e. The Morgan fingerprint density at radius 3 is 2.36 bits per heavy atom. The van der Waals surface area contributed by atoms with E-state index in [1.807, 2.05) is 6.07 Å². The fraction of sp³-hybridized carbons (Fsp3) is 0.400. The molecular formula is C25H29N5O2S. The van der Waals surface area contributed by atoms with E-state index in [0.717, 1.165) is 50.7 Å². The van der Waals surface area contributed by atoms with Gasteiger partial charge in [-0.25, -0.2) is 9.79 Å². The first-order valence-electron chi connectivity index (χ1n) is 11.5. The summed E-state index contributed by atoms with van der Waals surface area (Å²) in [4.78, 5) is 38.1. The van der Waals surface area contributed by atoms with Crippen LogP contribution in [0.3, 0.4) is 0 Å². The molecule has 1 N–H and O–H groups in total. The van der Waals surface area contributed by atoms with Crippen molar-refractivity contribution in [1.82, 2.24) is 20.0 Å². The number of nitrogens with one attached hydrogen (secondary N) is 1. The Morgan fingerprint density at radius 1 is 0.939 bits per heavy atom. The van der Waals surface area contributed by atoms with Gasteiger partial charge < -0.3 is 10.2 Å². The number of rotatable bonds is 4. The van der Waals surface area contributed by atoms with Gasteiger partial charge in [0.25, 0.3) is 5.91 Å². The topological polar surface area (TPSA) is 68.2 Å². The van der Waals surface area contributed by atoms with Crippen LogP contribution in [0.4, 0.5) is 10.5 Å². The number of nitrogens with zero attached hydrogens (tertiary/aromatic N) is 4. The molecule has 0 spiro atoms. The summed E-state index contributed by atoms with van der Waals surface area (Å²) in [5.41, 5.74) is 1.41. The average Bonchev–Trinajstić information content (AvgIpc) is 2.93. The molecule has 2 fully saturated rings. The van der Waals surface area contributed by atoms with Crippen molar-refractivity contribution in [2.45, 2.75) is 35.6 Å². The lowest BCUT2D eigenvalue weighted by Crippen LogP contribution is -2.49. The number of amidine groups is 1. The van der Waals surface area contributed by atoms with E-state index in [1.54, 1.807) is 25.6 Å². The second-order valence-electron chi connectivity index (χ2n) is 9.20. The number of piperazine rings is 1. The predicted molar refractivity (Wildman–Crippen MR) is 130 cm³/mol. The zero-order valence-electron chi connectivity index (χ0n) is 19.1. The molecule has 7 nitrogen and oxygen atoms in total. The smallest absolute Gasteiger partial charge is 0.325 e. The lowest BCUT2D eigenvalue weighted by atomic mass is 10.1. The molecule has 2 saturated heterocycles. The van der Waals surface area contributed by atoms with Crippen molar-refractivity contribution < 1.29 is 9.59 Å². The van der Waals surface area contributed by atoms with Gasteiger partial charge in [-0.1, -0.05) is 42.1 Å². The number of benzene rings is 2. The summed E-state index contributed by atoms with van der Waals surface area (Å²) in [6, 6.07) is 16.5. The summed E-state index contributed by atoms with van der Waals surface area (Å²) >= 11 is 1.78. The maximum absolute atomic E-state index is 12.4. The summed E-state index contributed by atoms with van der Waals surface area (Å²) in [6.07, 6.45) is 0.781. The molecule has 0 radical (unpaired) electrons. The maximum atomic E-state index is 12.4. The highest BCUT2D eigenvalue weighted by atomic mass is 32.2. The van der Waals surface area contributed by atoms with Crippen LogP contribution in [0, 0.1) is 0 Å². The summed E-state index contributed by atoms with van der Waals surface area (Å²) < 4.78 is 0. The molecule has 3 amide bonds. The zero-order valence-corrected chi connectivity index (χ0v) is 19.9. The van der Waals surface area contributed by atoms with E-state index in [4.69, 9.17) is 4.99 Å². The molecule has 0 atom stereocenters. The minimum absolute atomic E-state index is 0.138. The van der Waals surface area contributed by atoms with Crippen molar-refractivity contribution in [3.8, 4) is 0 Å². The first kappa shape index (κ1) is 22.0. The Bertz CT molecular complexity index is 1110. The van der Waals surface area contributed by atoms with E-state index in [0.29, 0.717) is 6.54 Å². The van der Waals surface area contributed by atoms with Gasteiger partial charge in [0.05, 0.1) is 5.69 Å². The van der Waals surface area contributed by atoms with Crippen LogP contribution in [-0.2, 0) is 4.79 Å². The number of fused-ring (bicyclic) bond motifs is 2. The van der Waals surface area contributed by atoms with Crippen molar-refractivity contribution in [2.75, 3.05) is 39.3 Å². The maximum Gasteiger partial charge on any atom is 0.325 e. The lowest BCUT2D eigenvalue weighted by molar-refractivity contribution is -0.130. The average molecular weight is 464 g/mol. The molecule has 33 heavy (non-hydrogen) atoms. The van der Waals surface area contributed by atoms with E-state index in [9.17, 15) is 9.59 Å². The number of para-hydroxylation sites is 1. The second kappa shape index (κ2) is 8.83. The van der Waals surface area contributed by atoms with Crippen molar-refractivity contribution in [2.24, 2.45) is 4.99 Å². The minimum atomic E-state index is -0.796. The number of aliphatic imine (C=N–C) groups is 1. The number of hydrogen-bond donors (Lipinski definition) is 1. The number of amides is 3. The third-order valence-electron chi connectivity index (χ3n) is 6.41. The summed E-state index contributed by atoms with van der Waals surface area (Å²) in [5.74, 6) is 0.907. The zero-order chi connectivity index (χ0) is 23.0.